The van der Waals surface area contributed by atoms with Crippen molar-refractivity contribution in [1.29, 1.82) is 0 Å². The SMILES string of the molecule is Cc1ccc2c(CC(=O)NCc3ccc(N(C)C)cc3C)coc2c1. The van der Waals surface area contributed by atoms with Crippen molar-refractivity contribution >= 4 is 22.6 Å². The summed E-state index contributed by atoms with van der Waals surface area (Å²) in [6.07, 6.45) is 2.01. The average Bonchev–Trinajstić information content (AvgIpc) is 2.95. The highest BCUT2D eigenvalue weighted by Crippen LogP contribution is 2.23. The lowest BCUT2D eigenvalue weighted by Gasteiger charge is -2.15. The summed E-state index contributed by atoms with van der Waals surface area (Å²) in [6.45, 7) is 4.63. The van der Waals surface area contributed by atoms with Crippen molar-refractivity contribution in [3.05, 3.63) is 64.9 Å². The number of amides is 1. The molecule has 1 aromatic heterocycles. The molecule has 0 spiro atoms. The number of nitrogens with one attached hydrogen (secondary N) is 1. The molecule has 0 atom stereocenters. The molecule has 3 rings (SSSR count). The number of fused-ring (bicyclic) bond motifs is 1. The molecule has 130 valence electrons. The first-order chi connectivity index (χ1) is 11.9. The zero-order valence-electron chi connectivity index (χ0n) is 15.2. The van der Waals surface area contributed by atoms with Crippen LogP contribution in [0.25, 0.3) is 11.0 Å². The molecule has 3 aromatic rings. The highest BCUT2D eigenvalue weighted by atomic mass is 16.3. The number of hydrogen-bond acceptors (Lipinski definition) is 3. The topological polar surface area (TPSA) is 45.5 Å². The van der Waals surface area contributed by atoms with Crippen LogP contribution in [0.4, 0.5) is 5.69 Å². The summed E-state index contributed by atoms with van der Waals surface area (Å²) in [6, 6.07) is 12.3. The Labute approximate surface area is 148 Å². The van der Waals surface area contributed by atoms with E-state index in [0.29, 0.717) is 13.0 Å². The molecule has 0 unspecified atom stereocenters. The molecule has 0 aliphatic rings. The molecule has 0 saturated carbocycles. The fraction of sp³-hybridized carbons (Fsp3) is 0.286. The van der Waals surface area contributed by atoms with E-state index in [1.165, 1.54) is 5.56 Å². The molecule has 4 nitrogen and oxygen atoms in total. The Morgan fingerprint density at radius 2 is 1.88 bits per heavy atom. The van der Waals surface area contributed by atoms with Gasteiger partial charge < -0.3 is 14.6 Å². The third kappa shape index (κ3) is 3.85. The van der Waals surface area contributed by atoms with Crippen LogP contribution in [0.2, 0.25) is 0 Å². The highest BCUT2D eigenvalue weighted by Gasteiger charge is 2.11. The van der Waals surface area contributed by atoms with E-state index in [2.05, 4.69) is 35.3 Å². The standard InChI is InChI=1S/C21H24N2O2/c1-14-5-8-19-17(13-25-20(19)9-14)11-21(24)22-12-16-6-7-18(23(3)4)10-15(16)2/h5-10,13H,11-12H2,1-4H3,(H,22,24). The molecule has 0 aliphatic carbocycles. The maximum absolute atomic E-state index is 12.3. The van der Waals surface area contributed by atoms with Crippen LogP contribution in [0.1, 0.15) is 22.3 Å². The molecular formula is C21H24N2O2. The lowest BCUT2D eigenvalue weighted by Crippen LogP contribution is -2.24. The van der Waals surface area contributed by atoms with Crippen molar-refractivity contribution < 1.29 is 9.21 Å². The summed E-state index contributed by atoms with van der Waals surface area (Å²) >= 11 is 0. The summed E-state index contributed by atoms with van der Waals surface area (Å²) in [5.41, 5.74) is 6.37. The Balaban J connectivity index is 1.65. The molecule has 0 aliphatic heterocycles. The predicted octanol–water partition coefficient (Wildman–Crippen LogP) is 3.97. The molecule has 0 bridgehead atoms. The van der Waals surface area contributed by atoms with E-state index in [1.54, 1.807) is 6.26 Å². The average molecular weight is 336 g/mol. The van der Waals surface area contributed by atoms with Gasteiger partial charge in [0.15, 0.2) is 0 Å². The van der Waals surface area contributed by atoms with Gasteiger partial charge in [0.1, 0.15) is 5.58 Å². The number of furan rings is 1. The van der Waals surface area contributed by atoms with E-state index in [4.69, 9.17) is 4.42 Å². The summed E-state index contributed by atoms with van der Waals surface area (Å²) in [5, 5.41) is 4.02. The number of anilines is 1. The van der Waals surface area contributed by atoms with Crippen molar-refractivity contribution in [2.75, 3.05) is 19.0 Å². The van der Waals surface area contributed by atoms with Crippen LogP contribution in [-0.2, 0) is 17.8 Å². The van der Waals surface area contributed by atoms with Gasteiger partial charge >= 0.3 is 0 Å². The zero-order valence-corrected chi connectivity index (χ0v) is 15.2. The smallest absolute Gasteiger partial charge is 0.224 e. The van der Waals surface area contributed by atoms with E-state index in [0.717, 1.165) is 33.3 Å². The number of hydrogen-bond donors (Lipinski definition) is 1. The third-order valence-electron chi connectivity index (χ3n) is 4.48. The fourth-order valence-corrected chi connectivity index (χ4v) is 2.91. The normalized spacial score (nSPS) is 10.9. The van der Waals surface area contributed by atoms with Gasteiger partial charge in [-0.1, -0.05) is 18.2 Å². The molecule has 0 saturated heterocycles. The van der Waals surface area contributed by atoms with E-state index in [1.807, 2.05) is 39.2 Å². The van der Waals surface area contributed by atoms with Gasteiger partial charge in [-0.05, 0) is 48.7 Å². The molecule has 0 radical (unpaired) electrons. The Kier molecular flexibility index (Phi) is 4.79. The summed E-state index contributed by atoms with van der Waals surface area (Å²) in [5.74, 6) is -0.000592. The maximum Gasteiger partial charge on any atom is 0.224 e. The highest BCUT2D eigenvalue weighted by molar-refractivity contribution is 5.87. The van der Waals surface area contributed by atoms with E-state index >= 15 is 0 Å². The first kappa shape index (κ1) is 17.1. The van der Waals surface area contributed by atoms with Crippen LogP contribution in [-0.4, -0.2) is 20.0 Å². The Bertz CT molecular complexity index is 909. The molecule has 1 N–H and O–H groups in total. The largest absolute Gasteiger partial charge is 0.464 e. The van der Waals surface area contributed by atoms with Crippen LogP contribution in [0, 0.1) is 13.8 Å². The lowest BCUT2D eigenvalue weighted by molar-refractivity contribution is -0.120. The number of carbonyl (C=O) groups excluding carboxylic acids is 1. The zero-order chi connectivity index (χ0) is 18.0. The first-order valence-corrected chi connectivity index (χ1v) is 8.44. The van der Waals surface area contributed by atoms with Crippen LogP contribution >= 0.6 is 0 Å². The first-order valence-electron chi connectivity index (χ1n) is 8.44. The Morgan fingerprint density at radius 3 is 2.60 bits per heavy atom. The number of benzene rings is 2. The van der Waals surface area contributed by atoms with E-state index in [9.17, 15) is 4.79 Å². The van der Waals surface area contributed by atoms with Gasteiger partial charge in [-0.25, -0.2) is 0 Å². The van der Waals surface area contributed by atoms with Crippen LogP contribution in [0.3, 0.4) is 0 Å². The maximum atomic E-state index is 12.3. The molecule has 25 heavy (non-hydrogen) atoms. The van der Waals surface area contributed by atoms with E-state index < -0.39 is 0 Å². The molecular weight excluding hydrogens is 312 g/mol. The second-order valence-electron chi connectivity index (χ2n) is 6.72. The quantitative estimate of drug-likeness (QED) is 0.767. The van der Waals surface area contributed by atoms with Crippen molar-refractivity contribution in [1.82, 2.24) is 5.32 Å². The second kappa shape index (κ2) is 7.01. The minimum atomic E-state index is -0.000592. The molecule has 1 heterocycles. The van der Waals surface area contributed by atoms with Gasteiger partial charge in [-0.15, -0.1) is 0 Å². The number of nitrogens with zero attached hydrogens (tertiary/aromatic N) is 1. The van der Waals surface area contributed by atoms with Crippen molar-refractivity contribution in [2.24, 2.45) is 0 Å². The van der Waals surface area contributed by atoms with Gasteiger partial charge in [0.2, 0.25) is 5.91 Å². The minimum absolute atomic E-state index is 0.000592. The lowest BCUT2D eigenvalue weighted by atomic mass is 10.1. The molecule has 4 heteroatoms. The van der Waals surface area contributed by atoms with Crippen molar-refractivity contribution in [3.8, 4) is 0 Å². The minimum Gasteiger partial charge on any atom is -0.464 e. The Hall–Kier alpha value is -2.75. The summed E-state index contributed by atoms with van der Waals surface area (Å²) in [4.78, 5) is 14.4. The summed E-state index contributed by atoms with van der Waals surface area (Å²) < 4.78 is 5.56. The fourth-order valence-electron chi connectivity index (χ4n) is 2.91. The van der Waals surface area contributed by atoms with Gasteiger partial charge in [0, 0.05) is 37.3 Å². The summed E-state index contributed by atoms with van der Waals surface area (Å²) in [7, 11) is 4.04. The third-order valence-corrected chi connectivity index (χ3v) is 4.48. The number of carbonyl (C=O) groups is 1. The molecule has 2 aromatic carbocycles. The Morgan fingerprint density at radius 1 is 1.08 bits per heavy atom. The van der Waals surface area contributed by atoms with Crippen LogP contribution in [0.5, 0.6) is 0 Å². The molecule has 1 amide bonds. The van der Waals surface area contributed by atoms with Crippen molar-refractivity contribution in [2.45, 2.75) is 26.8 Å². The van der Waals surface area contributed by atoms with Crippen LogP contribution < -0.4 is 10.2 Å². The predicted molar refractivity (Wildman–Crippen MR) is 102 cm³/mol. The van der Waals surface area contributed by atoms with Gasteiger partial charge in [-0.3, -0.25) is 4.79 Å². The number of aryl methyl sites for hydroxylation is 2. The second-order valence-corrected chi connectivity index (χ2v) is 6.72. The van der Waals surface area contributed by atoms with Crippen molar-refractivity contribution in [3.63, 3.8) is 0 Å². The van der Waals surface area contributed by atoms with Gasteiger partial charge in [-0.2, -0.15) is 0 Å². The van der Waals surface area contributed by atoms with Gasteiger partial charge in [0.05, 0.1) is 12.7 Å². The van der Waals surface area contributed by atoms with Crippen LogP contribution in [0.15, 0.2) is 47.1 Å². The molecule has 0 fully saturated rings. The number of rotatable bonds is 5. The van der Waals surface area contributed by atoms with Gasteiger partial charge in [0.25, 0.3) is 0 Å². The van der Waals surface area contributed by atoms with E-state index in [-0.39, 0.29) is 5.91 Å². The monoisotopic (exact) mass is 336 g/mol.